The van der Waals surface area contributed by atoms with E-state index in [4.69, 9.17) is 8.92 Å². The molecule has 0 fully saturated rings. The van der Waals surface area contributed by atoms with Crippen molar-refractivity contribution < 1.29 is 35.3 Å². The fourth-order valence-corrected chi connectivity index (χ4v) is 3.77. The molecule has 158 valence electrons. The fourth-order valence-electron chi connectivity index (χ4n) is 2.21. The van der Waals surface area contributed by atoms with Gasteiger partial charge in [0.15, 0.2) is 9.84 Å². The summed E-state index contributed by atoms with van der Waals surface area (Å²) in [6.45, 7) is 1.54. The molecule has 0 spiro atoms. The molecule has 0 bridgehead atoms. The van der Waals surface area contributed by atoms with Crippen LogP contribution in [-0.2, 0) is 35.9 Å². The first-order valence-corrected chi connectivity index (χ1v) is 11.9. The number of carbonyl (C=O) groups is 1. The average molecular weight is 443 g/mol. The number of hydrogen-bond donors (Lipinski definition) is 0. The molecule has 0 aliphatic carbocycles. The summed E-state index contributed by atoms with van der Waals surface area (Å²) in [5.74, 6) is -0.0280. The zero-order chi connectivity index (χ0) is 21.5. The number of ether oxygens (including phenoxy) is 2. The molecule has 0 atom stereocenters. The van der Waals surface area contributed by atoms with Gasteiger partial charge < -0.3 is 13.7 Å². The Hall–Kier alpha value is -2.59. The van der Waals surface area contributed by atoms with E-state index in [-0.39, 0.29) is 35.2 Å². The summed E-state index contributed by atoms with van der Waals surface area (Å²) in [5.41, 5.74) is 0.660. The molecule has 0 saturated carbocycles. The SMILES string of the molecule is CCS(=O)(=O)CCOc1ccc(S(=O)(=O)Oc2ccc(CC(=O)OC)cc2)cc1. The molecule has 0 radical (unpaired) electrons. The first kappa shape index (κ1) is 22.7. The zero-order valence-corrected chi connectivity index (χ0v) is 17.7. The van der Waals surface area contributed by atoms with Crippen LogP contribution in [0, 0.1) is 0 Å². The van der Waals surface area contributed by atoms with Crippen LogP contribution in [0.25, 0.3) is 0 Å². The monoisotopic (exact) mass is 442 g/mol. The van der Waals surface area contributed by atoms with E-state index in [1.165, 1.54) is 43.5 Å². The lowest BCUT2D eigenvalue weighted by Gasteiger charge is -2.09. The maximum Gasteiger partial charge on any atom is 0.339 e. The largest absolute Gasteiger partial charge is 0.493 e. The van der Waals surface area contributed by atoms with E-state index in [2.05, 4.69) is 4.74 Å². The molecule has 0 heterocycles. The van der Waals surface area contributed by atoms with Gasteiger partial charge in [0.1, 0.15) is 23.0 Å². The van der Waals surface area contributed by atoms with Gasteiger partial charge in [0, 0.05) is 5.75 Å². The topological polar surface area (TPSA) is 113 Å². The van der Waals surface area contributed by atoms with Crippen LogP contribution in [0.2, 0.25) is 0 Å². The van der Waals surface area contributed by atoms with Gasteiger partial charge in [0.2, 0.25) is 0 Å². The minimum Gasteiger partial charge on any atom is -0.493 e. The summed E-state index contributed by atoms with van der Waals surface area (Å²) in [6.07, 6.45) is 0.0740. The number of carbonyl (C=O) groups excluding carboxylic acids is 1. The maximum atomic E-state index is 12.4. The van der Waals surface area contributed by atoms with Gasteiger partial charge in [0.25, 0.3) is 0 Å². The van der Waals surface area contributed by atoms with Gasteiger partial charge in [-0.15, -0.1) is 0 Å². The molecule has 0 aromatic heterocycles. The predicted molar refractivity (Wildman–Crippen MR) is 106 cm³/mol. The molecule has 0 aliphatic heterocycles. The molecule has 0 amide bonds. The van der Waals surface area contributed by atoms with Crippen molar-refractivity contribution in [2.45, 2.75) is 18.2 Å². The lowest BCUT2D eigenvalue weighted by atomic mass is 10.1. The van der Waals surface area contributed by atoms with E-state index >= 15 is 0 Å². The van der Waals surface area contributed by atoms with Crippen LogP contribution in [-0.4, -0.2) is 48.0 Å². The Bertz CT molecular complexity index is 1020. The van der Waals surface area contributed by atoms with E-state index in [0.717, 1.165) is 0 Å². The van der Waals surface area contributed by atoms with Crippen molar-refractivity contribution in [3.05, 3.63) is 54.1 Å². The molecule has 0 unspecified atom stereocenters. The minimum atomic E-state index is -4.06. The van der Waals surface area contributed by atoms with Crippen LogP contribution >= 0.6 is 0 Å². The van der Waals surface area contributed by atoms with Crippen molar-refractivity contribution in [3.8, 4) is 11.5 Å². The molecule has 29 heavy (non-hydrogen) atoms. The smallest absolute Gasteiger partial charge is 0.339 e. The minimum absolute atomic E-state index is 0.0172. The van der Waals surface area contributed by atoms with E-state index in [0.29, 0.717) is 11.3 Å². The number of esters is 1. The highest BCUT2D eigenvalue weighted by Crippen LogP contribution is 2.21. The van der Waals surface area contributed by atoms with Crippen molar-refractivity contribution in [3.63, 3.8) is 0 Å². The Labute approximate surface area is 170 Å². The molecule has 10 heteroatoms. The molecule has 0 saturated heterocycles. The lowest BCUT2D eigenvalue weighted by Crippen LogP contribution is -2.15. The van der Waals surface area contributed by atoms with Crippen molar-refractivity contribution >= 4 is 25.9 Å². The number of rotatable bonds is 10. The first-order chi connectivity index (χ1) is 13.6. The van der Waals surface area contributed by atoms with Crippen LogP contribution in [0.15, 0.2) is 53.4 Å². The summed E-state index contributed by atoms with van der Waals surface area (Å²) < 4.78 is 62.7. The normalized spacial score (nSPS) is 11.7. The summed E-state index contributed by atoms with van der Waals surface area (Å²) in [5, 5.41) is 0. The second-order valence-electron chi connectivity index (χ2n) is 5.99. The highest BCUT2D eigenvalue weighted by molar-refractivity contribution is 7.91. The highest BCUT2D eigenvalue weighted by atomic mass is 32.2. The van der Waals surface area contributed by atoms with Gasteiger partial charge in [-0.25, -0.2) is 8.42 Å². The number of benzene rings is 2. The Morgan fingerprint density at radius 3 is 2.03 bits per heavy atom. The second-order valence-corrected chi connectivity index (χ2v) is 10.0. The van der Waals surface area contributed by atoms with Gasteiger partial charge in [-0.2, -0.15) is 8.42 Å². The summed E-state index contributed by atoms with van der Waals surface area (Å²) >= 11 is 0. The van der Waals surface area contributed by atoms with Crippen molar-refractivity contribution in [1.29, 1.82) is 0 Å². The summed E-state index contributed by atoms with van der Waals surface area (Å²) in [7, 11) is -5.91. The molecule has 2 rings (SSSR count). The maximum absolute atomic E-state index is 12.4. The summed E-state index contributed by atoms with van der Waals surface area (Å²) in [4.78, 5) is 11.2. The number of hydrogen-bond acceptors (Lipinski definition) is 8. The van der Waals surface area contributed by atoms with Gasteiger partial charge in [0.05, 0.1) is 19.3 Å². The average Bonchev–Trinajstić information content (AvgIpc) is 2.69. The Morgan fingerprint density at radius 2 is 1.48 bits per heavy atom. The zero-order valence-electron chi connectivity index (χ0n) is 16.0. The lowest BCUT2D eigenvalue weighted by molar-refractivity contribution is -0.139. The van der Waals surface area contributed by atoms with Crippen molar-refractivity contribution in [1.82, 2.24) is 0 Å². The molecule has 0 aliphatic rings. The molecule has 2 aromatic carbocycles. The van der Waals surface area contributed by atoms with Crippen LogP contribution in [0.4, 0.5) is 0 Å². The standard InChI is InChI=1S/C19H22O8S2/c1-3-28(21,22)13-12-26-16-8-10-18(11-9-16)29(23,24)27-17-6-4-15(5-7-17)14-19(20)25-2/h4-11H,3,12-14H2,1-2H3. The number of methoxy groups -OCH3 is 1. The third kappa shape index (κ3) is 7.06. The van der Waals surface area contributed by atoms with E-state index in [1.807, 2.05) is 0 Å². The summed E-state index contributed by atoms with van der Waals surface area (Å²) in [6, 6.07) is 11.5. The molecule has 0 N–H and O–H groups in total. The van der Waals surface area contributed by atoms with Gasteiger partial charge in [-0.3, -0.25) is 4.79 Å². The Morgan fingerprint density at radius 1 is 0.897 bits per heavy atom. The van der Waals surface area contributed by atoms with E-state index < -0.39 is 25.9 Å². The third-order valence-corrected chi connectivity index (χ3v) is 6.85. The van der Waals surface area contributed by atoms with Crippen LogP contribution in [0.3, 0.4) is 0 Å². The Kier molecular flexibility index (Phi) is 7.63. The van der Waals surface area contributed by atoms with Crippen molar-refractivity contribution in [2.75, 3.05) is 25.2 Å². The highest BCUT2D eigenvalue weighted by Gasteiger charge is 2.17. The van der Waals surface area contributed by atoms with Crippen molar-refractivity contribution in [2.24, 2.45) is 0 Å². The third-order valence-electron chi connectivity index (χ3n) is 3.92. The molecule has 8 nitrogen and oxygen atoms in total. The van der Waals surface area contributed by atoms with Gasteiger partial charge >= 0.3 is 16.1 Å². The van der Waals surface area contributed by atoms with Gasteiger partial charge in [-0.05, 0) is 42.0 Å². The van der Waals surface area contributed by atoms with E-state index in [1.54, 1.807) is 19.1 Å². The van der Waals surface area contributed by atoms with Crippen LogP contribution in [0.1, 0.15) is 12.5 Å². The van der Waals surface area contributed by atoms with Crippen LogP contribution in [0.5, 0.6) is 11.5 Å². The number of sulfone groups is 1. The second kappa shape index (κ2) is 9.75. The fraction of sp³-hybridized carbons (Fsp3) is 0.316. The predicted octanol–water partition coefficient (Wildman–Crippen LogP) is 1.98. The molecule has 2 aromatic rings. The Balaban J connectivity index is 1.99. The molecular formula is C19H22O8S2. The molecular weight excluding hydrogens is 420 g/mol. The first-order valence-electron chi connectivity index (χ1n) is 8.69. The van der Waals surface area contributed by atoms with Gasteiger partial charge in [-0.1, -0.05) is 19.1 Å². The van der Waals surface area contributed by atoms with E-state index in [9.17, 15) is 21.6 Å². The van der Waals surface area contributed by atoms with Crippen LogP contribution < -0.4 is 8.92 Å². The quantitative estimate of drug-likeness (QED) is 0.405.